The van der Waals surface area contributed by atoms with E-state index in [1.54, 1.807) is 10.8 Å². The molecule has 0 nitrogen and oxygen atoms in total. The van der Waals surface area contributed by atoms with Crippen molar-refractivity contribution in [3.05, 3.63) is 54.1 Å². The van der Waals surface area contributed by atoms with Crippen molar-refractivity contribution in [2.75, 3.05) is 0 Å². The molecule has 0 spiro atoms. The van der Waals surface area contributed by atoms with Gasteiger partial charge in [-0.3, -0.25) is 0 Å². The molecule has 0 radical (unpaired) electrons. The summed E-state index contributed by atoms with van der Waals surface area (Å²) in [6.45, 7) is 4.92. The molecule has 0 saturated heterocycles. The maximum atomic E-state index is 2.46. The second kappa shape index (κ2) is 6.90. The fraction of sp³-hybridized carbons (Fsp3) is 0.444. The summed E-state index contributed by atoms with van der Waals surface area (Å²) in [6, 6.07) is 12.3. The van der Waals surface area contributed by atoms with E-state index in [0.29, 0.717) is 0 Å². The van der Waals surface area contributed by atoms with Crippen LogP contribution in [-0.4, -0.2) is 8.07 Å². The van der Waals surface area contributed by atoms with Crippen LogP contribution in [-0.2, 0) is 0 Å². The largest absolute Gasteiger partial charge is 0.0869 e. The molecule has 1 aromatic carbocycles. The highest BCUT2D eigenvalue weighted by molar-refractivity contribution is 6.90. The molecule has 1 saturated carbocycles. The molecule has 0 heterocycles. The molecule has 0 N–H and O–H groups in total. The number of allylic oxidation sites excluding steroid dienone is 4. The minimum absolute atomic E-state index is 1.24. The van der Waals surface area contributed by atoms with Crippen molar-refractivity contribution in [1.82, 2.24) is 0 Å². The third-order valence-corrected chi connectivity index (χ3v) is 7.30. The minimum atomic E-state index is -1.28. The molecule has 19 heavy (non-hydrogen) atoms. The van der Waals surface area contributed by atoms with Gasteiger partial charge in [-0.15, -0.1) is 0 Å². The van der Waals surface area contributed by atoms with Crippen LogP contribution in [0.4, 0.5) is 0 Å². The average molecular weight is 270 g/mol. The van der Waals surface area contributed by atoms with Gasteiger partial charge in [0.2, 0.25) is 0 Å². The van der Waals surface area contributed by atoms with Gasteiger partial charge in [0.05, 0.1) is 8.07 Å². The quantitative estimate of drug-likeness (QED) is 0.672. The first-order valence-electron chi connectivity index (χ1n) is 7.58. The lowest BCUT2D eigenvalue weighted by molar-refractivity contribution is 0.599. The Morgan fingerprint density at radius 2 is 1.68 bits per heavy atom. The lowest BCUT2D eigenvalue weighted by atomic mass is 9.95. The topological polar surface area (TPSA) is 0 Å². The molecule has 1 aliphatic carbocycles. The van der Waals surface area contributed by atoms with E-state index in [9.17, 15) is 0 Å². The van der Waals surface area contributed by atoms with Gasteiger partial charge < -0.3 is 0 Å². The summed E-state index contributed by atoms with van der Waals surface area (Å²) >= 11 is 0. The van der Waals surface area contributed by atoms with Crippen molar-refractivity contribution in [1.29, 1.82) is 0 Å². The first kappa shape index (κ1) is 14.3. The molecule has 1 heteroatoms. The molecule has 0 aliphatic heterocycles. The van der Waals surface area contributed by atoms with Crippen LogP contribution in [0.2, 0.25) is 19.1 Å². The third-order valence-electron chi connectivity index (χ3n) is 4.15. The van der Waals surface area contributed by atoms with Gasteiger partial charge in [0.1, 0.15) is 0 Å². The van der Waals surface area contributed by atoms with Crippen molar-refractivity contribution >= 4 is 13.3 Å². The summed E-state index contributed by atoms with van der Waals surface area (Å²) < 4.78 is 0. The van der Waals surface area contributed by atoms with E-state index >= 15 is 0 Å². The molecule has 2 rings (SSSR count). The van der Waals surface area contributed by atoms with E-state index in [1.807, 2.05) is 0 Å². The Labute approximate surface area is 119 Å². The lowest BCUT2D eigenvalue weighted by Crippen LogP contribution is -2.40. The molecule has 1 aromatic rings. The zero-order valence-corrected chi connectivity index (χ0v) is 13.4. The Bertz CT molecular complexity index is 432. The molecule has 1 aliphatic rings. The van der Waals surface area contributed by atoms with Gasteiger partial charge in [-0.05, 0) is 31.7 Å². The van der Waals surface area contributed by atoms with Gasteiger partial charge in [0.15, 0.2) is 0 Å². The molecule has 0 atom stereocenters. The van der Waals surface area contributed by atoms with Crippen LogP contribution < -0.4 is 5.19 Å². The van der Waals surface area contributed by atoms with E-state index in [-0.39, 0.29) is 0 Å². The fourth-order valence-electron chi connectivity index (χ4n) is 2.75. The smallest absolute Gasteiger partial charge is 0.0843 e. The fourth-order valence-corrected chi connectivity index (χ4v) is 4.80. The van der Waals surface area contributed by atoms with Crippen LogP contribution in [0.1, 0.15) is 32.1 Å². The Morgan fingerprint density at radius 3 is 2.37 bits per heavy atom. The van der Waals surface area contributed by atoms with Crippen LogP contribution in [0.25, 0.3) is 0 Å². The SMILES string of the molecule is C[Si](C)(C/C=C\C=C1CCCCC1)c1ccccc1. The van der Waals surface area contributed by atoms with Crippen molar-refractivity contribution in [2.24, 2.45) is 0 Å². The van der Waals surface area contributed by atoms with Crippen molar-refractivity contribution in [3.63, 3.8) is 0 Å². The summed E-state index contributed by atoms with van der Waals surface area (Å²) in [5.41, 5.74) is 1.65. The van der Waals surface area contributed by atoms with E-state index < -0.39 is 8.07 Å². The number of hydrogen-bond donors (Lipinski definition) is 0. The molecule has 102 valence electrons. The predicted molar refractivity (Wildman–Crippen MR) is 88.7 cm³/mol. The number of hydrogen-bond acceptors (Lipinski definition) is 0. The summed E-state index contributed by atoms with van der Waals surface area (Å²) in [7, 11) is -1.28. The highest BCUT2D eigenvalue weighted by Gasteiger charge is 2.20. The highest BCUT2D eigenvalue weighted by Crippen LogP contribution is 2.22. The Morgan fingerprint density at radius 1 is 1.00 bits per heavy atom. The monoisotopic (exact) mass is 270 g/mol. The summed E-state index contributed by atoms with van der Waals surface area (Å²) in [5, 5.41) is 1.56. The first-order chi connectivity index (χ1) is 9.18. The number of benzene rings is 1. The van der Waals surface area contributed by atoms with E-state index in [1.165, 1.54) is 38.1 Å². The van der Waals surface area contributed by atoms with Crippen LogP contribution >= 0.6 is 0 Å². The molecule has 0 bridgehead atoms. The zero-order valence-electron chi connectivity index (χ0n) is 12.4. The summed E-state index contributed by atoms with van der Waals surface area (Å²) in [4.78, 5) is 0. The average Bonchev–Trinajstić information content (AvgIpc) is 2.46. The summed E-state index contributed by atoms with van der Waals surface area (Å²) in [6.07, 6.45) is 13.9. The van der Waals surface area contributed by atoms with Gasteiger partial charge in [-0.25, -0.2) is 0 Å². The van der Waals surface area contributed by atoms with Gasteiger partial charge in [-0.1, -0.05) is 78.8 Å². The van der Waals surface area contributed by atoms with Crippen molar-refractivity contribution in [2.45, 2.75) is 51.2 Å². The molecule has 0 aromatic heterocycles. The normalized spacial score (nSPS) is 16.8. The lowest BCUT2D eigenvalue weighted by Gasteiger charge is -2.20. The van der Waals surface area contributed by atoms with Crippen molar-refractivity contribution in [3.8, 4) is 0 Å². The van der Waals surface area contributed by atoms with Crippen LogP contribution in [0.15, 0.2) is 54.1 Å². The highest BCUT2D eigenvalue weighted by atomic mass is 28.3. The Hall–Kier alpha value is -1.08. The third kappa shape index (κ3) is 4.50. The molecule has 1 fully saturated rings. The Balaban J connectivity index is 1.90. The van der Waals surface area contributed by atoms with Crippen LogP contribution in [0.3, 0.4) is 0 Å². The second-order valence-corrected chi connectivity index (χ2v) is 11.0. The predicted octanol–water partition coefficient (Wildman–Crippen LogP) is 5.05. The zero-order chi connectivity index (χ0) is 13.6. The summed E-state index contributed by atoms with van der Waals surface area (Å²) in [5.74, 6) is 0. The number of rotatable bonds is 4. The van der Waals surface area contributed by atoms with Gasteiger partial charge in [0.25, 0.3) is 0 Å². The van der Waals surface area contributed by atoms with Gasteiger partial charge in [0, 0.05) is 0 Å². The molecule has 0 unspecified atom stereocenters. The van der Waals surface area contributed by atoms with E-state index in [4.69, 9.17) is 0 Å². The van der Waals surface area contributed by atoms with E-state index in [0.717, 1.165) is 0 Å². The van der Waals surface area contributed by atoms with E-state index in [2.05, 4.69) is 61.7 Å². The maximum Gasteiger partial charge on any atom is 0.0843 e. The molecule has 0 amide bonds. The van der Waals surface area contributed by atoms with Crippen LogP contribution in [0.5, 0.6) is 0 Å². The second-order valence-electron chi connectivity index (χ2n) is 6.27. The van der Waals surface area contributed by atoms with Crippen LogP contribution in [0, 0.1) is 0 Å². The van der Waals surface area contributed by atoms with Crippen molar-refractivity contribution < 1.29 is 0 Å². The van der Waals surface area contributed by atoms with Gasteiger partial charge >= 0.3 is 0 Å². The Kier molecular flexibility index (Phi) is 5.21. The van der Waals surface area contributed by atoms with Gasteiger partial charge in [-0.2, -0.15) is 0 Å². The standard InChI is InChI=1S/C18H26Si/c1-19(2,18-14-7-4-8-15-18)16-10-9-13-17-11-5-3-6-12-17/h4,7-10,13-15H,3,5-6,11-12,16H2,1-2H3/b10-9-. The maximum absolute atomic E-state index is 2.46. The molecular weight excluding hydrogens is 244 g/mol. The molecular formula is C18H26Si. The minimum Gasteiger partial charge on any atom is -0.0869 e. The first-order valence-corrected chi connectivity index (χ1v) is 10.8.